The van der Waals surface area contributed by atoms with Crippen molar-refractivity contribution in [3.05, 3.63) is 54.0 Å². The van der Waals surface area contributed by atoms with E-state index in [0.29, 0.717) is 0 Å². The average molecular weight is 312 g/mol. The van der Waals surface area contributed by atoms with Gasteiger partial charge in [0.2, 0.25) is 0 Å². The van der Waals surface area contributed by atoms with Crippen LogP contribution in [0.3, 0.4) is 0 Å². The van der Waals surface area contributed by atoms with Crippen LogP contribution in [0.25, 0.3) is 0 Å². The first-order valence-corrected chi connectivity index (χ1v) is 7.96. The van der Waals surface area contributed by atoms with E-state index < -0.39 is 0 Å². The lowest BCUT2D eigenvalue weighted by Crippen LogP contribution is -2.43. The van der Waals surface area contributed by atoms with Crippen LogP contribution in [0.1, 0.15) is 17.4 Å². The Morgan fingerprint density at radius 2 is 2.13 bits per heavy atom. The number of likely N-dealkylation sites (N-methyl/N-ethyl adjacent to an activating group) is 1. The van der Waals surface area contributed by atoms with Crippen LogP contribution in [-0.4, -0.2) is 45.1 Å². The van der Waals surface area contributed by atoms with Gasteiger partial charge in [-0.3, -0.25) is 9.89 Å². The lowest BCUT2D eigenvalue weighted by atomic mass is 10.2. The molecule has 1 aromatic heterocycles. The van der Waals surface area contributed by atoms with Gasteiger partial charge in [0.1, 0.15) is 5.76 Å². The third-order valence-electron chi connectivity index (χ3n) is 4.30. The molecule has 0 bridgehead atoms. The lowest BCUT2D eigenvalue weighted by Gasteiger charge is -2.27. The lowest BCUT2D eigenvalue weighted by molar-refractivity contribution is 0.258. The van der Waals surface area contributed by atoms with Gasteiger partial charge in [0, 0.05) is 25.8 Å². The predicted molar refractivity (Wildman–Crippen MR) is 94.0 cm³/mol. The molecule has 1 unspecified atom stereocenters. The van der Waals surface area contributed by atoms with Crippen LogP contribution in [0.15, 0.2) is 52.1 Å². The number of aliphatic imine (C=N–C) groups is 1. The highest BCUT2D eigenvalue weighted by Crippen LogP contribution is 2.27. The Morgan fingerprint density at radius 3 is 2.83 bits per heavy atom. The maximum atomic E-state index is 5.57. The van der Waals surface area contributed by atoms with Crippen LogP contribution in [0, 0.1) is 0 Å². The highest BCUT2D eigenvalue weighted by Gasteiger charge is 2.24. The monoisotopic (exact) mass is 312 g/mol. The van der Waals surface area contributed by atoms with E-state index in [1.165, 1.54) is 11.3 Å². The van der Waals surface area contributed by atoms with Crippen LogP contribution in [0.4, 0.5) is 5.69 Å². The zero-order valence-electron chi connectivity index (χ0n) is 14.0. The summed E-state index contributed by atoms with van der Waals surface area (Å²) in [4.78, 5) is 8.87. The van der Waals surface area contributed by atoms with Gasteiger partial charge < -0.3 is 14.6 Å². The molecule has 1 N–H and O–H groups in total. The van der Waals surface area contributed by atoms with Gasteiger partial charge >= 0.3 is 0 Å². The topological polar surface area (TPSA) is 44.0 Å². The number of nitrogens with zero attached hydrogens (tertiary/aromatic N) is 3. The first-order chi connectivity index (χ1) is 11.2. The van der Waals surface area contributed by atoms with Crippen molar-refractivity contribution in [3.8, 4) is 0 Å². The minimum Gasteiger partial charge on any atom is -0.468 e. The number of guanidine groups is 1. The van der Waals surface area contributed by atoms with Gasteiger partial charge in [0.15, 0.2) is 5.96 Å². The molecular formula is C18H24N4O. The maximum absolute atomic E-state index is 5.57. The second-order valence-electron chi connectivity index (χ2n) is 5.95. The Hall–Kier alpha value is -2.27. The standard InChI is InChI=1S/C18H24N4O/c1-19-18(22-11-10-14-7-4-5-8-15(14)22)20-13-16(21(2)3)17-9-6-12-23-17/h4-9,12,16H,10-11,13H2,1-3H3,(H,19,20). The van der Waals surface area contributed by atoms with Crippen molar-refractivity contribution in [2.24, 2.45) is 4.99 Å². The molecule has 122 valence electrons. The van der Waals surface area contributed by atoms with E-state index in [1.807, 2.05) is 19.2 Å². The molecule has 1 aliphatic heterocycles. The zero-order valence-corrected chi connectivity index (χ0v) is 14.0. The summed E-state index contributed by atoms with van der Waals surface area (Å²) < 4.78 is 5.57. The fourth-order valence-corrected chi connectivity index (χ4v) is 3.06. The number of hydrogen-bond acceptors (Lipinski definition) is 3. The van der Waals surface area contributed by atoms with E-state index in [1.54, 1.807) is 6.26 Å². The van der Waals surface area contributed by atoms with Crippen molar-refractivity contribution >= 4 is 11.6 Å². The normalized spacial score (nSPS) is 15.8. The van der Waals surface area contributed by atoms with Crippen molar-refractivity contribution < 1.29 is 4.42 Å². The molecule has 2 heterocycles. The van der Waals surface area contributed by atoms with Gasteiger partial charge in [-0.05, 0) is 44.3 Å². The molecule has 0 aliphatic carbocycles. The van der Waals surface area contributed by atoms with E-state index in [-0.39, 0.29) is 6.04 Å². The molecule has 0 spiro atoms. The maximum Gasteiger partial charge on any atom is 0.198 e. The highest BCUT2D eigenvalue weighted by molar-refractivity contribution is 5.97. The van der Waals surface area contributed by atoms with Crippen LogP contribution < -0.4 is 10.2 Å². The second kappa shape index (κ2) is 6.87. The minimum atomic E-state index is 0.166. The molecular weight excluding hydrogens is 288 g/mol. The number of anilines is 1. The summed E-state index contributed by atoms with van der Waals surface area (Å²) in [5.41, 5.74) is 2.63. The van der Waals surface area contributed by atoms with Gasteiger partial charge in [-0.15, -0.1) is 0 Å². The smallest absolute Gasteiger partial charge is 0.198 e. The number of benzene rings is 1. The van der Waals surface area contributed by atoms with Crippen LogP contribution >= 0.6 is 0 Å². The molecule has 0 fully saturated rings. The fourth-order valence-electron chi connectivity index (χ4n) is 3.06. The predicted octanol–water partition coefficient (Wildman–Crippen LogP) is 2.52. The van der Waals surface area contributed by atoms with Crippen molar-refractivity contribution in [1.82, 2.24) is 10.2 Å². The minimum absolute atomic E-state index is 0.166. The Labute approximate surface area is 137 Å². The second-order valence-corrected chi connectivity index (χ2v) is 5.95. The fraction of sp³-hybridized carbons (Fsp3) is 0.389. The number of hydrogen-bond donors (Lipinski definition) is 1. The van der Waals surface area contributed by atoms with Crippen molar-refractivity contribution in [2.45, 2.75) is 12.5 Å². The number of nitrogens with one attached hydrogen (secondary N) is 1. The molecule has 0 amide bonds. The summed E-state index contributed by atoms with van der Waals surface area (Å²) in [6.07, 6.45) is 2.78. The molecule has 0 radical (unpaired) electrons. The molecule has 1 aromatic carbocycles. The summed E-state index contributed by atoms with van der Waals surface area (Å²) in [6, 6.07) is 12.6. The van der Waals surface area contributed by atoms with E-state index >= 15 is 0 Å². The first kappa shape index (κ1) is 15.6. The Bertz CT molecular complexity index is 663. The number of fused-ring (bicyclic) bond motifs is 1. The highest BCUT2D eigenvalue weighted by atomic mass is 16.3. The molecule has 5 nitrogen and oxygen atoms in total. The van der Waals surface area contributed by atoms with Crippen molar-refractivity contribution in [3.63, 3.8) is 0 Å². The molecule has 0 saturated carbocycles. The SMILES string of the molecule is CN=C(NCC(c1ccco1)N(C)C)N1CCc2ccccc21. The number of rotatable bonds is 4. The van der Waals surface area contributed by atoms with Crippen LogP contribution in [-0.2, 0) is 6.42 Å². The van der Waals surface area contributed by atoms with Gasteiger partial charge in [-0.25, -0.2) is 0 Å². The summed E-state index contributed by atoms with van der Waals surface area (Å²) in [6.45, 7) is 1.71. The van der Waals surface area contributed by atoms with E-state index in [2.05, 4.69) is 58.5 Å². The van der Waals surface area contributed by atoms with Crippen LogP contribution in [0.5, 0.6) is 0 Å². The third kappa shape index (κ3) is 3.24. The molecule has 1 aliphatic rings. The molecule has 3 rings (SSSR count). The largest absolute Gasteiger partial charge is 0.468 e. The molecule has 2 aromatic rings. The van der Waals surface area contributed by atoms with E-state index in [9.17, 15) is 0 Å². The van der Waals surface area contributed by atoms with Crippen molar-refractivity contribution in [2.75, 3.05) is 39.1 Å². The number of furan rings is 1. The van der Waals surface area contributed by atoms with Gasteiger partial charge in [0.25, 0.3) is 0 Å². The molecule has 23 heavy (non-hydrogen) atoms. The molecule has 1 atom stereocenters. The van der Waals surface area contributed by atoms with Gasteiger partial charge in [-0.1, -0.05) is 18.2 Å². The first-order valence-electron chi connectivity index (χ1n) is 7.96. The molecule has 0 saturated heterocycles. The van der Waals surface area contributed by atoms with Gasteiger partial charge in [0.05, 0.1) is 12.3 Å². The van der Waals surface area contributed by atoms with E-state index in [4.69, 9.17) is 4.42 Å². The van der Waals surface area contributed by atoms with E-state index in [0.717, 1.165) is 31.2 Å². The Morgan fingerprint density at radius 1 is 1.30 bits per heavy atom. The average Bonchev–Trinajstić information content (AvgIpc) is 3.21. The zero-order chi connectivity index (χ0) is 16.2. The van der Waals surface area contributed by atoms with Gasteiger partial charge in [-0.2, -0.15) is 0 Å². The quantitative estimate of drug-likeness (QED) is 0.696. The summed E-state index contributed by atoms with van der Waals surface area (Å²) >= 11 is 0. The number of para-hydroxylation sites is 1. The summed E-state index contributed by atoms with van der Waals surface area (Å²) in [5, 5.41) is 3.50. The Balaban J connectivity index is 1.71. The Kier molecular flexibility index (Phi) is 4.67. The summed E-state index contributed by atoms with van der Waals surface area (Å²) in [5.74, 6) is 1.87. The van der Waals surface area contributed by atoms with Crippen molar-refractivity contribution in [1.29, 1.82) is 0 Å². The third-order valence-corrected chi connectivity index (χ3v) is 4.30. The summed E-state index contributed by atoms with van der Waals surface area (Å²) in [7, 11) is 5.95. The molecule has 5 heteroatoms. The van der Waals surface area contributed by atoms with Crippen LogP contribution in [0.2, 0.25) is 0 Å².